The monoisotopic (exact) mass is 167 g/mol. The van der Waals surface area contributed by atoms with E-state index < -0.39 is 0 Å². The van der Waals surface area contributed by atoms with Gasteiger partial charge in [0, 0.05) is 6.04 Å². The number of rotatable bonds is 0. The highest BCUT2D eigenvalue weighted by Gasteiger charge is 2.53. The molecule has 0 radical (unpaired) electrons. The van der Waals surface area contributed by atoms with Gasteiger partial charge in [-0.05, 0) is 49.9 Å². The fourth-order valence-electron chi connectivity index (χ4n) is 4.02. The molecule has 2 nitrogen and oxygen atoms in total. The van der Waals surface area contributed by atoms with E-state index in [1.807, 2.05) is 0 Å². The van der Waals surface area contributed by atoms with Crippen LogP contribution in [0.25, 0.3) is 0 Å². The predicted molar refractivity (Wildman–Crippen MR) is 46.5 cm³/mol. The molecule has 4 bridgehead atoms. The lowest BCUT2D eigenvalue weighted by molar-refractivity contribution is -0.132. The van der Waals surface area contributed by atoms with Crippen LogP contribution in [0.4, 0.5) is 0 Å². The summed E-state index contributed by atoms with van der Waals surface area (Å²) in [5.41, 5.74) is 5.82. The molecule has 0 spiro atoms. The van der Waals surface area contributed by atoms with Crippen LogP contribution < -0.4 is 5.73 Å². The maximum atomic E-state index is 10.2. The van der Waals surface area contributed by atoms with Gasteiger partial charge in [0.25, 0.3) is 0 Å². The second kappa shape index (κ2) is 2.05. The second-order valence-corrected chi connectivity index (χ2v) is 5.27. The highest BCUT2D eigenvalue weighted by molar-refractivity contribution is 5.06. The average molecular weight is 167 g/mol. The van der Waals surface area contributed by atoms with Crippen LogP contribution in [0.15, 0.2) is 0 Å². The van der Waals surface area contributed by atoms with Crippen LogP contribution in [-0.4, -0.2) is 16.7 Å². The molecule has 4 aliphatic rings. The van der Waals surface area contributed by atoms with Crippen molar-refractivity contribution < 1.29 is 5.11 Å². The second-order valence-electron chi connectivity index (χ2n) is 5.27. The van der Waals surface area contributed by atoms with Crippen LogP contribution in [0.5, 0.6) is 0 Å². The van der Waals surface area contributed by atoms with E-state index in [-0.39, 0.29) is 5.60 Å². The summed E-state index contributed by atoms with van der Waals surface area (Å²) in [5.74, 6) is 2.08. The third-order valence-corrected chi connectivity index (χ3v) is 4.31. The molecular weight excluding hydrogens is 150 g/mol. The molecular formula is C10H17NO. The van der Waals surface area contributed by atoms with E-state index in [1.54, 1.807) is 0 Å². The van der Waals surface area contributed by atoms with E-state index in [0.717, 1.165) is 25.2 Å². The molecule has 3 N–H and O–H groups in total. The Balaban J connectivity index is 1.95. The highest BCUT2D eigenvalue weighted by atomic mass is 16.3. The van der Waals surface area contributed by atoms with Gasteiger partial charge in [-0.15, -0.1) is 0 Å². The zero-order valence-corrected chi connectivity index (χ0v) is 7.37. The Bertz CT molecular complexity index is 200. The maximum absolute atomic E-state index is 10.2. The van der Waals surface area contributed by atoms with Crippen molar-refractivity contribution in [1.29, 1.82) is 0 Å². The Morgan fingerprint density at radius 1 is 1.08 bits per heavy atom. The van der Waals surface area contributed by atoms with Crippen molar-refractivity contribution in [3.63, 3.8) is 0 Å². The first-order valence-electron chi connectivity index (χ1n) is 5.14. The number of aliphatic hydroxyl groups is 1. The molecule has 0 saturated heterocycles. The first-order chi connectivity index (χ1) is 5.66. The van der Waals surface area contributed by atoms with Crippen molar-refractivity contribution >= 4 is 0 Å². The lowest BCUT2D eigenvalue weighted by Gasteiger charge is -2.57. The number of hydrogen-bond donors (Lipinski definition) is 2. The van der Waals surface area contributed by atoms with E-state index in [1.165, 1.54) is 12.8 Å². The van der Waals surface area contributed by atoms with Crippen molar-refractivity contribution in [1.82, 2.24) is 0 Å². The van der Waals surface area contributed by atoms with E-state index in [2.05, 4.69) is 0 Å². The minimum Gasteiger partial charge on any atom is -0.390 e. The largest absolute Gasteiger partial charge is 0.390 e. The van der Waals surface area contributed by atoms with Crippen molar-refractivity contribution in [2.75, 3.05) is 0 Å². The first kappa shape index (κ1) is 7.34. The van der Waals surface area contributed by atoms with Gasteiger partial charge in [-0.1, -0.05) is 0 Å². The Labute approximate surface area is 73.1 Å². The molecule has 4 fully saturated rings. The van der Waals surface area contributed by atoms with Gasteiger partial charge in [0.15, 0.2) is 0 Å². The summed E-state index contributed by atoms with van der Waals surface area (Å²) in [6.07, 6.45) is 5.62. The third-order valence-electron chi connectivity index (χ3n) is 4.31. The molecule has 2 heteroatoms. The summed E-state index contributed by atoms with van der Waals surface area (Å²) in [6.45, 7) is 0. The fourth-order valence-corrected chi connectivity index (χ4v) is 4.02. The third kappa shape index (κ3) is 0.826. The van der Waals surface area contributed by atoms with Gasteiger partial charge in [-0.2, -0.15) is 0 Å². The van der Waals surface area contributed by atoms with Crippen molar-refractivity contribution in [3.05, 3.63) is 0 Å². The summed E-state index contributed by atoms with van der Waals surface area (Å²) in [6, 6.07) is 0.404. The van der Waals surface area contributed by atoms with E-state index in [4.69, 9.17) is 5.73 Å². The zero-order valence-electron chi connectivity index (χ0n) is 7.37. The Morgan fingerprint density at radius 3 is 2.17 bits per heavy atom. The minimum atomic E-state index is -0.299. The molecule has 0 unspecified atom stereocenters. The molecule has 2 atom stereocenters. The SMILES string of the molecule is NC1[C@@H]2CC3C[C@@H]1CC(O)(C3)C2. The van der Waals surface area contributed by atoms with E-state index in [9.17, 15) is 5.11 Å². The van der Waals surface area contributed by atoms with E-state index in [0.29, 0.717) is 17.9 Å². The van der Waals surface area contributed by atoms with Gasteiger partial charge in [-0.3, -0.25) is 0 Å². The summed E-state index contributed by atoms with van der Waals surface area (Å²) in [5, 5.41) is 10.2. The molecule has 0 amide bonds. The van der Waals surface area contributed by atoms with Gasteiger partial charge < -0.3 is 10.8 Å². The van der Waals surface area contributed by atoms with Gasteiger partial charge in [0.1, 0.15) is 0 Å². The summed E-state index contributed by atoms with van der Waals surface area (Å²) in [4.78, 5) is 0. The Hall–Kier alpha value is -0.0800. The Morgan fingerprint density at radius 2 is 1.67 bits per heavy atom. The van der Waals surface area contributed by atoms with Crippen LogP contribution in [0.1, 0.15) is 32.1 Å². The maximum Gasteiger partial charge on any atom is 0.0657 e. The molecule has 0 aromatic heterocycles. The zero-order chi connectivity index (χ0) is 8.34. The lowest BCUT2D eigenvalue weighted by atomic mass is 9.52. The fraction of sp³-hybridized carbons (Fsp3) is 1.00. The summed E-state index contributed by atoms with van der Waals surface area (Å²) in [7, 11) is 0. The van der Waals surface area contributed by atoms with Crippen LogP contribution >= 0.6 is 0 Å². The van der Waals surface area contributed by atoms with Gasteiger partial charge in [0.05, 0.1) is 5.60 Å². The van der Waals surface area contributed by atoms with Crippen LogP contribution in [-0.2, 0) is 0 Å². The molecule has 68 valence electrons. The molecule has 0 aromatic carbocycles. The Kier molecular flexibility index (Phi) is 1.25. The highest BCUT2D eigenvalue weighted by Crippen LogP contribution is 2.54. The number of hydrogen-bond acceptors (Lipinski definition) is 2. The minimum absolute atomic E-state index is 0.299. The lowest BCUT2D eigenvalue weighted by Crippen LogP contribution is -2.59. The van der Waals surface area contributed by atoms with Crippen LogP contribution in [0, 0.1) is 17.8 Å². The smallest absolute Gasteiger partial charge is 0.0657 e. The molecule has 4 saturated carbocycles. The van der Waals surface area contributed by atoms with Crippen LogP contribution in [0.3, 0.4) is 0 Å². The van der Waals surface area contributed by atoms with Gasteiger partial charge in [-0.25, -0.2) is 0 Å². The molecule has 4 aliphatic carbocycles. The predicted octanol–water partition coefficient (Wildman–Crippen LogP) is 0.885. The average Bonchev–Trinajstić information content (AvgIpc) is 1.96. The standard InChI is InChI=1S/C10H17NO/c11-9-7-1-6-2-8(9)5-10(12,3-6)4-7/h6-9,12H,1-5,11H2/t6?,7-,8-,9?,10?/m1/s1. The number of nitrogens with two attached hydrogens (primary N) is 1. The van der Waals surface area contributed by atoms with Gasteiger partial charge in [0.2, 0.25) is 0 Å². The molecule has 12 heavy (non-hydrogen) atoms. The molecule has 0 aromatic rings. The quantitative estimate of drug-likeness (QED) is 0.562. The summed E-state index contributed by atoms with van der Waals surface area (Å²) >= 11 is 0. The van der Waals surface area contributed by atoms with Crippen molar-refractivity contribution in [2.45, 2.75) is 43.7 Å². The summed E-state index contributed by atoms with van der Waals surface area (Å²) < 4.78 is 0. The van der Waals surface area contributed by atoms with Crippen LogP contribution in [0.2, 0.25) is 0 Å². The molecule has 0 heterocycles. The molecule has 4 rings (SSSR count). The van der Waals surface area contributed by atoms with Crippen molar-refractivity contribution in [2.24, 2.45) is 23.5 Å². The van der Waals surface area contributed by atoms with E-state index >= 15 is 0 Å². The normalized spacial score (nSPS) is 62.5. The topological polar surface area (TPSA) is 46.2 Å². The van der Waals surface area contributed by atoms with Gasteiger partial charge >= 0.3 is 0 Å². The first-order valence-corrected chi connectivity index (χ1v) is 5.14. The molecule has 0 aliphatic heterocycles. The van der Waals surface area contributed by atoms with Crippen molar-refractivity contribution in [3.8, 4) is 0 Å².